The average Bonchev–Trinajstić information content (AvgIpc) is 2.27. The molecule has 0 spiro atoms. The lowest BCUT2D eigenvalue weighted by atomic mass is 10.1. The van der Waals surface area contributed by atoms with E-state index < -0.39 is 32.2 Å². The van der Waals surface area contributed by atoms with E-state index in [0.717, 1.165) is 19.3 Å². The van der Waals surface area contributed by atoms with Gasteiger partial charge < -0.3 is 14.2 Å². The minimum atomic E-state index is -1.34. The highest BCUT2D eigenvalue weighted by molar-refractivity contribution is 6.59. The molecule has 0 aliphatic carbocycles. The first kappa shape index (κ1) is 15.2. The number of hydrogen-bond donors (Lipinski definition) is 0. The standard InChI is InChI=1S/C12H22O5Si/c1-9(13)16-11(17-10(2)14)12(18(3)4)7-5-6-8-15-12/h11,18H,5-8H2,1-4H3. The first-order valence-corrected chi connectivity index (χ1v) is 9.25. The van der Waals surface area contributed by atoms with Crippen LogP contribution < -0.4 is 0 Å². The molecule has 0 amide bonds. The second-order valence-electron chi connectivity index (χ2n) is 4.97. The molecular weight excluding hydrogens is 252 g/mol. The first-order valence-electron chi connectivity index (χ1n) is 6.37. The molecule has 1 rings (SSSR count). The Hall–Kier alpha value is -0.883. The van der Waals surface area contributed by atoms with Crippen molar-refractivity contribution >= 4 is 20.7 Å². The normalized spacial score (nSPS) is 24.1. The van der Waals surface area contributed by atoms with Crippen LogP contribution in [0.2, 0.25) is 13.1 Å². The van der Waals surface area contributed by atoms with E-state index in [9.17, 15) is 9.59 Å². The van der Waals surface area contributed by atoms with E-state index in [4.69, 9.17) is 14.2 Å². The van der Waals surface area contributed by atoms with Gasteiger partial charge >= 0.3 is 11.9 Å². The number of esters is 2. The summed E-state index contributed by atoms with van der Waals surface area (Å²) in [6.45, 7) is 7.49. The Morgan fingerprint density at radius 3 is 2.06 bits per heavy atom. The van der Waals surface area contributed by atoms with Crippen LogP contribution >= 0.6 is 0 Å². The fourth-order valence-corrected chi connectivity index (χ4v) is 4.19. The molecular formula is C12H22O5Si. The van der Waals surface area contributed by atoms with Crippen molar-refractivity contribution in [3.8, 4) is 0 Å². The minimum absolute atomic E-state index is 0.454. The molecule has 18 heavy (non-hydrogen) atoms. The smallest absolute Gasteiger partial charge is 0.305 e. The lowest BCUT2D eigenvalue weighted by Gasteiger charge is -2.43. The molecule has 0 aromatic heterocycles. The van der Waals surface area contributed by atoms with Gasteiger partial charge in [0, 0.05) is 20.5 Å². The van der Waals surface area contributed by atoms with Gasteiger partial charge in [-0.1, -0.05) is 13.1 Å². The highest BCUT2D eigenvalue weighted by Gasteiger charge is 2.48. The van der Waals surface area contributed by atoms with E-state index >= 15 is 0 Å². The largest absolute Gasteiger partial charge is 0.422 e. The summed E-state index contributed by atoms with van der Waals surface area (Å²) in [6, 6.07) is 0. The van der Waals surface area contributed by atoms with Gasteiger partial charge in [-0.15, -0.1) is 0 Å². The zero-order chi connectivity index (χ0) is 13.8. The summed E-state index contributed by atoms with van der Waals surface area (Å²) in [4.78, 5) is 22.4. The molecule has 5 nitrogen and oxygen atoms in total. The Labute approximate surface area is 109 Å². The van der Waals surface area contributed by atoms with Gasteiger partial charge in [-0.2, -0.15) is 0 Å². The maximum absolute atomic E-state index is 11.2. The zero-order valence-corrected chi connectivity index (χ0v) is 12.7. The van der Waals surface area contributed by atoms with Gasteiger partial charge in [0.15, 0.2) is 0 Å². The van der Waals surface area contributed by atoms with Gasteiger partial charge in [0.25, 0.3) is 6.29 Å². The SMILES string of the molecule is CC(=O)OC(OC(C)=O)C1([SiH](C)C)CCCCO1. The van der Waals surface area contributed by atoms with Crippen molar-refractivity contribution in [1.82, 2.24) is 0 Å². The Morgan fingerprint density at radius 2 is 1.72 bits per heavy atom. The Kier molecular flexibility index (Phi) is 5.34. The van der Waals surface area contributed by atoms with Crippen molar-refractivity contribution in [3.63, 3.8) is 0 Å². The van der Waals surface area contributed by atoms with Crippen molar-refractivity contribution < 1.29 is 23.8 Å². The topological polar surface area (TPSA) is 61.8 Å². The van der Waals surface area contributed by atoms with Crippen molar-refractivity contribution in [3.05, 3.63) is 0 Å². The molecule has 0 bridgehead atoms. The molecule has 1 atom stereocenters. The van der Waals surface area contributed by atoms with E-state index in [1.165, 1.54) is 13.8 Å². The summed E-state index contributed by atoms with van der Waals surface area (Å²) < 4.78 is 16.3. The Morgan fingerprint density at radius 1 is 1.17 bits per heavy atom. The predicted molar refractivity (Wildman–Crippen MR) is 68.7 cm³/mol. The maximum Gasteiger partial charge on any atom is 0.305 e. The van der Waals surface area contributed by atoms with Gasteiger partial charge in [-0.3, -0.25) is 9.59 Å². The molecule has 1 saturated heterocycles. The van der Waals surface area contributed by atoms with E-state index in [0.29, 0.717) is 6.61 Å². The van der Waals surface area contributed by atoms with Gasteiger partial charge in [0.2, 0.25) is 0 Å². The van der Waals surface area contributed by atoms with Crippen LogP contribution in [0.3, 0.4) is 0 Å². The average molecular weight is 274 g/mol. The quantitative estimate of drug-likeness (QED) is 0.440. The molecule has 0 N–H and O–H groups in total. The van der Waals surface area contributed by atoms with Crippen molar-refractivity contribution in [2.75, 3.05) is 6.61 Å². The first-order chi connectivity index (χ1) is 8.38. The monoisotopic (exact) mass is 274 g/mol. The molecule has 0 radical (unpaired) electrons. The summed E-state index contributed by atoms with van der Waals surface area (Å²) in [5.74, 6) is -0.908. The number of ether oxygens (including phenoxy) is 3. The van der Waals surface area contributed by atoms with E-state index in [1.807, 2.05) is 0 Å². The molecule has 1 aliphatic heterocycles. The van der Waals surface area contributed by atoms with Crippen LogP contribution in [0.25, 0.3) is 0 Å². The Balaban J connectivity index is 2.95. The highest BCUT2D eigenvalue weighted by atomic mass is 28.3. The molecule has 6 heteroatoms. The van der Waals surface area contributed by atoms with Crippen molar-refractivity contribution in [1.29, 1.82) is 0 Å². The van der Waals surface area contributed by atoms with Gasteiger partial charge in [-0.05, 0) is 19.3 Å². The lowest BCUT2D eigenvalue weighted by Crippen LogP contribution is -2.58. The second-order valence-corrected chi connectivity index (χ2v) is 8.25. The van der Waals surface area contributed by atoms with E-state index in [2.05, 4.69) is 13.1 Å². The minimum Gasteiger partial charge on any atom is -0.422 e. The summed E-state index contributed by atoms with van der Waals surface area (Å²) in [6.07, 6.45) is 1.88. The number of carbonyl (C=O) groups is 2. The zero-order valence-electron chi connectivity index (χ0n) is 11.5. The van der Waals surface area contributed by atoms with Crippen LogP contribution in [0.4, 0.5) is 0 Å². The maximum atomic E-state index is 11.2. The number of hydrogen-bond acceptors (Lipinski definition) is 5. The molecule has 1 heterocycles. The number of carbonyl (C=O) groups excluding carboxylic acids is 2. The summed E-state index contributed by atoms with van der Waals surface area (Å²) >= 11 is 0. The van der Waals surface area contributed by atoms with Gasteiger partial charge in [0.1, 0.15) is 5.22 Å². The summed E-state index contributed by atoms with van der Waals surface area (Å²) in [5, 5.41) is -0.588. The lowest BCUT2D eigenvalue weighted by molar-refractivity contribution is -0.228. The van der Waals surface area contributed by atoms with Crippen LogP contribution in [0.1, 0.15) is 33.1 Å². The molecule has 0 aromatic carbocycles. The van der Waals surface area contributed by atoms with Crippen LogP contribution in [-0.4, -0.2) is 38.9 Å². The third-order valence-electron chi connectivity index (χ3n) is 3.25. The van der Waals surface area contributed by atoms with Crippen LogP contribution in [-0.2, 0) is 23.8 Å². The van der Waals surface area contributed by atoms with Crippen LogP contribution in [0, 0.1) is 0 Å². The van der Waals surface area contributed by atoms with E-state index in [-0.39, 0.29) is 0 Å². The molecule has 104 valence electrons. The fourth-order valence-electron chi connectivity index (χ4n) is 2.28. The number of rotatable bonds is 4. The predicted octanol–water partition coefficient (Wildman–Crippen LogP) is 1.40. The summed E-state index contributed by atoms with van der Waals surface area (Å²) in [5.41, 5.74) is 0. The van der Waals surface area contributed by atoms with E-state index in [1.54, 1.807) is 0 Å². The third-order valence-corrected chi connectivity index (χ3v) is 5.94. The fraction of sp³-hybridized carbons (Fsp3) is 0.833. The molecule has 1 aliphatic rings. The Bertz CT molecular complexity index is 294. The van der Waals surface area contributed by atoms with Crippen molar-refractivity contribution in [2.45, 2.75) is 57.7 Å². The molecule has 1 unspecified atom stereocenters. The van der Waals surface area contributed by atoms with Gasteiger partial charge in [-0.25, -0.2) is 0 Å². The third kappa shape index (κ3) is 3.55. The second kappa shape index (κ2) is 6.33. The van der Waals surface area contributed by atoms with Crippen LogP contribution in [0.5, 0.6) is 0 Å². The van der Waals surface area contributed by atoms with Crippen LogP contribution in [0.15, 0.2) is 0 Å². The summed E-state index contributed by atoms with van der Waals surface area (Å²) in [7, 11) is -1.34. The molecule has 0 aromatic rings. The van der Waals surface area contributed by atoms with Crippen molar-refractivity contribution in [2.24, 2.45) is 0 Å². The van der Waals surface area contributed by atoms with Gasteiger partial charge in [0.05, 0.1) is 8.80 Å². The highest BCUT2D eigenvalue weighted by Crippen LogP contribution is 2.33. The molecule has 0 saturated carbocycles. The molecule has 1 fully saturated rings.